The summed E-state index contributed by atoms with van der Waals surface area (Å²) >= 11 is 5.98. The quantitative estimate of drug-likeness (QED) is 0.607. The summed E-state index contributed by atoms with van der Waals surface area (Å²) in [5.41, 5.74) is 1.25. The van der Waals surface area contributed by atoms with Crippen LogP contribution in [-0.2, 0) is 16.4 Å². The summed E-state index contributed by atoms with van der Waals surface area (Å²) in [6.07, 6.45) is 2.71. The smallest absolute Gasteiger partial charge is 0.175 e. The molecule has 0 fully saturated rings. The number of halogens is 3. The Hall–Kier alpha value is -2.78. The van der Waals surface area contributed by atoms with Gasteiger partial charge >= 0.3 is 0 Å². The van der Waals surface area contributed by atoms with Crippen molar-refractivity contribution in [3.63, 3.8) is 0 Å². The maximum atomic E-state index is 14.3. The van der Waals surface area contributed by atoms with Crippen molar-refractivity contribution in [2.75, 3.05) is 29.6 Å². The van der Waals surface area contributed by atoms with Gasteiger partial charge < -0.3 is 10.2 Å². The fourth-order valence-electron chi connectivity index (χ4n) is 3.21. The van der Waals surface area contributed by atoms with Gasteiger partial charge in [-0.15, -0.1) is 0 Å². The predicted octanol–water partition coefficient (Wildman–Crippen LogP) is 3.91. The summed E-state index contributed by atoms with van der Waals surface area (Å²) in [7, 11) is -3.30. The van der Waals surface area contributed by atoms with E-state index >= 15 is 0 Å². The van der Waals surface area contributed by atoms with Crippen LogP contribution in [0.25, 0.3) is 11.3 Å². The highest BCUT2D eigenvalue weighted by Gasteiger charge is 2.23. The second-order valence-electron chi connectivity index (χ2n) is 6.89. The summed E-state index contributed by atoms with van der Waals surface area (Å²) in [5.74, 6) is -0.285. The fourth-order valence-corrected chi connectivity index (χ4v) is 4.05. The van der Waals surface area contributed by atoms with E-state index in [1.165, 1.54) is 12.1 Å². The first-order valence-electron chi connectivity index (χ1n) is 9.03. The largest absolute Gasteiger partial charge is 0.365 e. The Morgan fingerprint density at radius 2 is 1.83 bits per heavy atom. The maximum Gasteiger partial charge on any atom is 0.175 e. The predicted molar refractivity (Wildman–Crippen MR) is 111 cm³/mol. The molecule has 156 valence electrons. The van der Waals surface area contributed by atoms with Gasteiger partial charge in [-0.25, -0.2) is 27.2 Å². The van der Waals surface area contributed by atoms with Crippen LogP contribution in [0.4, 0.5) is 20.4 Å². The standard InChI is InChI=1S/C20H17ClF2N4O2S/c1-30(28,29)13-4-2-12(3-5-13)17-10-25-19-20(26-17)27(9-8-24-19)11-14-15(22)6-7-16(23)18(14)21/h2-7,10H,8-9,11H2,1H3,(H,24,25). The number of nitrogens with one attached hydrogen (secondary N) is 1. The van der Waals surface area contributed by atoms with Crippen molar-refractivity contribution in [1.82, 2.24) is 9.97 Å². The Labute approximate surface area is 177 Å². The van der Waals surface area contributed by atoms with Crippen molar-refractivity contribution in [3.05, 3.63) is 64.8 Å². The lowest BCUT2D eigenvalue weighted by Gasteiger charge is -2.30. The molecule has 2 heterocycles. The minimum atomic E-state index is -3.30. The lowest BCUT2D eigenvalue weighted by Crippen LogP contribution is -2.35. The molecule has 0 bridgehead atoms. The van der Waals surface area contributed by atoms with E-state index in [9.17, 15) is 17.2 Å². The van der Waals surface area contributed by atoms with Gasteiger partial charge in [0.25, 0.3) is 0 Å². The van der Waals surface area contributed by atoms with E-state index in [1.807, 2.05) is 0 Å². The van der Waals surface area contributed by atoms with Gasteiger partial charge in [0, 0.05) is 37.0 Å². The highest BCUT2D eigenvalue weighted by molar-refractivity contribution is 7.90. The molecule has 4 rings (SSSR count). The molecule has 1 N–H and O–H groups in total. The number of hydrogen-bond acceptors (Lipinski definition) is 6. The average Bonchev–Trinajstić information content (AvgIpc) is 2.73. The molecule has 0 radical (unpaired) electrons. The van der Waals surface area contributed by atoms with Crippen LogP contribution in [0.5, 0.6) is 0 Å². The number of sulfone groups is 1. The van der Waals surface area contributed by atoms with Crippen molar-refractivity contribution >= 4 is 33.1 Å². The Balaban J connectivity index is 1.69. The van der Waals surface area contributed by atoms with Crippen LogP contribution >= 0.6 is 11.6 Å². The molecule has 0 spiro atoms. The van der Waals surface area contributed by atoms with Crippen molar-refractivity contribution in [2.45, 2.75) is 11.4 Å². The topological polar surface area (TPSA) is 75.2 Å². The molecule has 3 aromatic rings. The van der Waals surface area contributed by atoms with Gasteiger partial charge in [0.1, 0.15) is 11.6 Å². The van der Waals surface area contributed by atoms with Gasteiger partial charge in [0.15, 0.2) is 21.5 Å². The van der Waals surface area contributed by atoms with E-state index < -0.39 is 21.5 Å². The van der Waals surface area contributed by atoms with Crippen LogP contribution in [0.3, 0.4) is 0 Å². The third-order valence-corrected chi connectivity index (χ3v) is 6.33. The van der Waals surface area contributed by atoms with Crippen LogP contribution in [0.1, 0.15) is 5.56 Å². The molecular weight excluding hydrogens is 434 g/mol. The van der Waals surface area contributed by atoms with Crippen LogP contribution in [-0.4, -0.2) is 37.7 Å². The Kier molecular flexibility index (Phi) is 5.33. The first kappa shape index (κ1) is 20.5. The molecule has 0 unspecified atom stereocenters. The summed E-state index contributed by atoms with van der Waals surface area (Å²) in [6.45, 7) is 1.07. The molecule has 30 heavy (non-hydrogen) atoms. The van der Waals surface area contributed by atoms with E-state index in [0.717, 1.165) is 18.4 Å². The van der Waals surface area contributed by atoms with Crippen molar-refractivity contribution in [3.8, 4) is 11.3 Å². The van der Waals surface area contributed by atoms with E-state index in [0.29, 0.717) is 36.0 Å². The molecule has 2 aromatic carbocycles. The van der Waals surface area contributed by atoms with Crippen LogP contribution < -0.4 is 10.2 Å². The Morgan fingerprint density at radius 3 is 2.53 bits per heavy atom. The first-order chi connectivity index (χ1) is 14.2. The zero-order chi connectivity index (χ0) is 21.5. The second kappa shape index (κ2) is 7.81. The zero-order valence-electron chi connectivity index (χ0n) is 15.9. The van der Waals surface area contributed by atoms with Crippen molar-refractivity contribution in [2.24, 2.45) is 0 Å². The molecule has 1 aliphatic rings. The van der Waals surface area contributed by atoms with E-state index in [-0.39, 0.29) is 22.0 Å². The second-order valence-corrected chi connectivity index (χ2v) is 9.29. The number of hydrogen-bond donors (Lipinski definition) is 1. The zero-order valence-corrected chi connectivity index (χ0v) is 17.4. The number of aromatic nitrogens is 2. The van der Waals surface area contributed by atoms with Gasteiger partial charge in [-0.3, -0.25) is 0 Å². The monoisotopic (exact) mass is 450 g/mol. The summed E-state index contributed by atoms with van der Waals surface area (Å²) in [5, 5.41) is 2.88. The Morgan fingerprint density at radius 1 is 1.13 bits per heavy atom. The molecule has 0 aliphatic carbocycles. The normalized spacial score (nSPS) is 13.7. The minimum absolute atomic E-state index is 0.0300. The van der Waals surface area contributed by atoms with Gasteiger partial charge in [0.05, 0.1) is 21.8 Å². The average molecular weight is 451 g/mol. The van der Waals surface area contributed by atoms with E-state index in [2.05, 4.69) is 15.3 Å². The molecule has 0 amide bonds. The van der Waals surface area contributed by atoms with Crippen molar-refractivity contribution < 1.29 is 17.2 Å². The van der Waals surface area contributed by atoms with Crippen molar-refractivity contribution in [1.29, 1.82) is 0 Å². The summed E-state index contributed by atoms with van der Waals surface area (Å²) in [4.78, 5) is 11.0. The van der Waals surface area contributed by atoms with Gasteiger partial charge in [-0.2, -0.15) is 0 Å². The van der Waals surface area contributed by atoms with E-state index in [1.54, 1.807) is 23.2 Å². The fraction of sp³-hybridized carbons (Fsp3) is 0.200. The highest BCUT2D eigenvalue weighted by atomic mass is 35.5. The third kappa shape index (κ3) is 3.95. The number of fused-ring (bicyclic) bond motifs is 1. The van der Waals surface area contributed by atoms with Crippen LogP contribution in [0.2, 0.25) is 5.02 Å². The molecular formula is C20H17ClF2N4O2S. The Bertz CT molecular complexity index is 1220. The lowest BCUT2D eigenvalue weighted by molar-refractivity contribution is 0.580. The summed E-state index contributed by atoms with van der Waals surface area (Å²) < 4.78 is 51.4. The number of rotatable bonds is 4. The van der Waals surface area contributed by atoms with Gasteiger partial charge in [-0.05, 0) is 24.3 Å². The molecule has 1 aliphatic heterocycles. The number of benzene rings is 2. The highest BCUT2D eigenvalue weighted by Crippen LogP contribution is 2.32. The SMILES string of the molecule is CS(=O)(=O)c1ccc(-c2cnc3c(n2)N(Cc2c(F)ccc(F)c2Cl)CCN3)cc1. The molecule has 10 heteroatoms. The molecule has 0 saturated heterocycles. The third-order valence-electron chi connectivity index (χ3n) is 4.79. The van der Waals surface area contributed by atoms with E-state index in [4.69, 9.17) is 11.6 Å². The van der Waals surface area contributed by atoms with Crippen LogP contribution in [0, 0.1) is 11.6 Å². The minimum Gasteiger partial charge on any atom is -0.365 e. The van der Waals surface area contributed by atoms with Gasteiger partial charge in [0.2, 0.25) is 0 Å². The first-order valence-corrected chi connectivity index (χ1v) is 11.3. The van der Waals surface area contributed by atoms with Crippen LogP contribution in [0.15, 0.2) is 47.5 Å². The maximum absolute atomic E-state index is 14.3. The van der Waals surface area contributed by atoms with Gasteiger partial charge in [-0.1, -0.05) is 23.7 Å². The summed E-state index contributed by atoms with van der Waals surface area (Å²) in [6, 6.07) is 8.34. The molecule has 0 saturated carbocycles. The number of nitrogens with zero attached hydrogens (tertiary/aromatic N) is 3. The molecule has 1 aromatic heterocycles. The lowest BCUT2D eigenvalue weighted by atomic mass is 10.1. The molecule has 0 atom stereocenters. The molecule has 6 nitrogen and oxygen atoms in total. The number of anilines is 2.